The summed E-state index contributed by atoms with van der Waals surface area (Å²) in [5.41, 5.74) is 2.80. The molecule has 51 heavy (non-hydrogen) atoms. The lowest BCUT2D eigenvalue weighted by atomic mass is 9.62. The number of aliphatic hydroxyl groups is 1. The summed E-state index contributed by atoms with van der Waals surface area (Å²) in [4.78, 5) is 18.6. The third-order valence-electron chi connectivity index (χ3n) is 13.5. The number of amides is 1. The lowest BCUT2D eigenvalue weighted by molar-refractivity contribution is -0.104. The van der Waals surface area contributed by atoms with Crippen LogP contribution in [0.1, 0.15) is 80.3 Å². The summed E-state index contributed by atoms with van der Waals surface area (Å²) in [5.74, 6) is 4.91. The van der Waals surface area contributed by atoms with Crippen LogP contribution in [0, 0.1) is 17.8 Å². The Hall–Kier alpha value is -2.34. The van der Waals surface area contributed by atoms with E-state index in [-0.39, 0.29) is 40.4 Å². The standard InChI is InChI=1S/C40H55ClN4O5S/c1-26-6-4-15-40(47,24-44-21-34-37(22-44)49-17-16-42-34)33-11-8-30(33)20-45-23-39(14-5-7-28-18-31(41)10-12-32(28)39)25-50-36-13-9-29(19-35(36)45)38(46)43-51(3,48)27(26)2/h9-10,12-13,18-19,26-27,30,33-34,37,42,47H,3-8,11,14-17,20-25H2,1-2H3,(H,43,46,48)/t26-,27+,30-,33+,34-,37-,39-,40+,51?/m0/s1. The van der Waals surface area contributed by atoms with Crippen molar-refractivity contribution in [2.75, 3.05) is 57.4 Å². The van der Waals surface area contributed by atoms with Gasteiger partial charge in [0.25, 0.3) is 5.91 Å². The summed E-state index contributed by atoms with van der Waals surface area (Å²) in [6.45, 7) is 9.99. The van der Waals surface area contributed by atoms with Crippen molar-refractivity contribution >= 4 is 38.8 Å². The zero-order valence-corrected chi connectivity index (χ0v) is 31.8. The number of nitrogens with zero attached hydrogens (tertiary/aromatic N) is 2. The molecule has 1 spiro atoms. The molecule has 0 radical (unpaired) electrons. The largest absolute Gasteiger partial charge is 0.490 e. The number of benzene rings is 2. The van der Waals surface area contributed by atoms with Crippen LogP contribution in [0.4, 0.5) is 5.69 Å². The monoisotopic (exact) mass is 738 g/mol. The van der Waals surface area contributed by atoms with Gasteiger partial charge in [0.2, 0.25) is 0 Å². The fourth-order valence-corrected chi connectivity index (χ4v) is 12.0. The number of fused-ring (bicyclic) bond motifs is 5. The van der Waals surface area contributed by atoms with Crippen molar-refractivity contribution < 1.29 is 23.6 Å². The number of morpholine rings is 1. The first-order chi connectivity index (χ1) is 24.4. The molecule has 2 aliphatic carbocycles. The van der Waals surface area contributed by atoms with Gasteiger partial charge in [-0.1, -0.05) is 31.0 Å². The first-order valence-electron chi connectivity index (χ1n) is 19.2. The van der Waals surface area contributed by atoms with E-state index in [9.17, 15) is 14.1 Å². The van der Waals surface area contributed by atoms with Crippen molar-refractivity contribution in [1.29, 1.82) is 0 Å². The third-order valence-corrected chi connectivity index (χ3v) is 15.9. The highest BCUT2D eigenvalue weighted by atomic mass is 35.5. The first kappa shape index (κ1) is 35.7. The van der Waals surface area contributed by atoms with Crippen LogP contribution in [0.5, 0.6) is 5.75 Å². The Morgan fingerprint density at radius 3 is 2.75 bits per heavy atom. The Morgan fingerprint density at radius 2 is 1.94 bits per heavy atom. The molecule has 2 bridgehead atoms. The van der Waals surface area contributed by atoms with Crippen LogP contribution in [0.3, 0.4) is 0 Å². The van der Waals surface area contributed by atoms with Crippen molar-refractivity contribution in [2.45, 2.75) is 93.6 Å². The summed E-state index contributed by atoms with van der Waals surface area (Å²) >= 11 is 6.50. The van der Waals surface area contributed by atoms with Gasteiger partial charge in [-0.05, 0) is 117 Å². The Kier molecular flexibility index (Phi) is 9.67. The molecule has 1 amide bonds. The van der Waals surface area contributed by atoms with Crippen molar-refractivity contribution in [3.05, 3.63) is 58.1 Å². The van der Waals surface area contributed by atoms with Crippen LogP contribution in [0.15, 0.2) is 36.4 Å². The number of anilines is 1. The highest BCUT2D eigenvalue weighted by Crippen LogP contribution is 2.49. The summed E-state index contributed by atoms with van der Waals surface area (Å²) in [6, 6.07) is 12.2. The average Bonchev–Trinajstić information content (AvgIpc) is 3.42. The van der Waals surface area contributed by atoms with Crippen LogP contribution in [-0.2, 0) is 26.3 Å². The smallest absolute Gasteiger partial charge is 0.262 e. The number of ether oxygens (including phenoxy) is 2. The van der Waals surface area contributed by atoms with Gasteiger partial charge in [-0.15, -0.1) is 0 Å². The second-order valence-electron chi connectivity index (χ2n) is 16.7. The molecule has 4 aliphatic heterocycles. The molecule has 0 aromatic heterocycles. The molecular weight excluding hydrogens is 684 g/mol. The molecule has 1 unspecified atom stereocenters. The summed E-state index contributed by atoms with van der Waals surface area (Å²) < 4.78 is 29.6. The number of hydrogen-bond donors (Lipinski definition) is 3. The maximum atomic E-state index is 14.0. The van der Waals surface area contributed by atoms with Gasteiger partial charge in [0.15, 0.2) is 0 Å². The Bertz CT molecular complexity index is 1740. The Balaban J connectivity index is 1.17. The van der Waals surface area contributed by atoms with E-state index in [1.54, 1.807) is 6.07 Å². The second-order valence-corrected chi connectivity index (χ2v) is 19.6. The predicted octanol–water partition coefficient (Wildman–Crippen LogP) is 4.81. The minimum absolute atomic E-state index is 0.0530. The fourth-order valence-electron chi connectivity index (χ4n) is 10.3. The van der Waals surface area contributed by atoms with E-state index < -0.39 is 15.3 Å². The van der Waals surface area contributed by atoms with Crippen LogP contribution in [0.2, 0.25) is 5.02 Å². The summed E-state index contributed by atoms with van der Waals surface area (Å²) in [6.07, 6.45) is 7.52. The average molecular weight is 739 g/mol. The van der Waals surface area contributed by atoms with Gasteiger partial charge >= 0.3 is 0 Å². The number of carbonyl (C=O) groups is 1. The lowest BCUT2D eigenvalue weighted by Gasteiger charge is -2.51. The highest BCUT2D eigenvalue weighted by Gasteiger charge is 2.50. The Morgan fingerprint density at radius 1 is 1.08 bits per heavy atom. The molecule has 4 heterocycles. The van der Waals surface area contributed by atoms with Gasteiger partial charge < -0.3 is 24.8 Å². The molecule has 6 aliphatic rings. The van der Waals surface area contributed by atoms with Crippen molar-refractivity contribution in [1.82, 2.24) is 14.9 Å². The quantitative estimate of drug-likeness (QED) is 0.378. The number of aryl methyl sites for hydroxylation is 1. The molecule has 1 saturated carbocycles. The minimum atomic E-state index is -2.95. The van der Waals surface area contributed by atoms with Crippen LogP contribution in [-0.4, -0.2) is 101 Å². The number of likely N-dealkylation sites (tertiary alicyclic amines) is 1. The van der Waals surface area contributed by atoms with Crippen molar-refractivity contribution in [2.24, 2.45) is 17.8 Å². The highest BCUT2D eigenvalue weighted by molar-refractivity contribution is 7.99. The molecule has 8 rings (SSSR count). The lowest BCUT2D eigenvalue weighted by Crippen LogP contribution is -2.57. The van der Waals surface area contributed by atoms with Crippen LogP contribution in [0.25, 0.3) is 0 Å². The normalized spacial score (nSPS) is 38.7. The van der Waals surface area contributed by atoms with Gasteiger partial charge in [-0.2, -0.15) is 0 Å². The van der Waals surface area contributed by atoms with E-state index in [1.807, 2.05) is 25.1 Å². The van der Waals surface area contributed by atoms with Gasteiger partial charge in [0.05, 0.1) is 40.3 Å². The molecular formula is C40H55ClN4O5S. The van der Waals surface area contributed by atoms with Crippen LogP contribution < -0.4 is 19.7 Å². The van der Waals surface area contributed by atoms with E-state index in [2.05, 4.69) is 44.8 Å². The van der Waals surface area contributed by atoms with E-state index in [0.29, 0.717) is 31.2 Å². The molecule has 9 atom stereocenters. The van der Waals surface area contributed by atoms with E-state index in [0.717, 1.165) is 101 Å². The Labute approximate surface area is 308 Å². The molecule has 2 saturated heterocycles. The van der Waals surface area contributed by atoms with Gasteiger partial charge in [-0.25, -0.2) is 4.21 Å². The third kappa shape index (κ3) is 6.82. The molecule has 3 fully saturated rings. The molecule has 2 aromatic carbocycles. The predicted molar refractivity (Wildman–Crippen MR) is 205 cm³/mol. The fraction of sp³-hybridized carbons (Fsp3) is 0.650. The van der Waals surface area contributed by atoms with Crippen LogP contribution >= 0.6 is 11.6 Å². The topological polar surface area (TPSA) is 103 Å². The van der Waals surface area contributed by atoms with E-state index in [1.165, 1.54) is 11.1 Å². The summed E-state index contributed by atoms with van der Waals surface area (Å²) in [5, 5.41) is 16.9. The van der Waals surface area contributed by atoms with Crippen molar-refractivity contribution in [3.63, 3.8) is 0 Å². The van der Waals surface area contributed by atoms with Gasteiger partial charge in [-0.3, -0.25) is 14.4 Å². The second kappa shape index (κ2) is 13.8. The molecule has 2 aromatic rings. The number of halogens is 1. The number of rotatable bonds is 2. The maximum Gasteiger partial charge on any atom is 0.262 e. The minimum Gasteiger partial charge on any atom is -0.490 e. The van der Waals surface area contributed by atoms with E-state index in [4.69, 9.17) is 21.1 Å². The number of β-amino-alcohol motifs (C(OH)–C–C–N with tert-alkyl or cyclic N) is 1. The zero-order valence-electron chi connectivity index (χ0n) is 30.2. The molecule has 3 N–H and O–H groups in total. The van der Waals surface area contributed by atoms with E-state index >= 15 is 0 Å². The molecule has 9 nitrogen and oxygen atoms in total. The number of nitrogens with one attached hydrogen (secondary N) is 2. The van der Waals surface area contributed by atoms with Gasteiger partial charge in [0, 0.05) is 66.6 Å². The zero-order chi connectivity index (χ0) is 35.5. The summed E-state index contributed by atoms with van der Waals surface area (Å²) in [7, 11) is -2.95. The van der Waals surface area contributed by atoms with Gasteiger partial charge in [0.1, 0.15) is 5.75 Å². The molecule has 11 heteroatoms. The molecule has 278 valence electrons. The number of hydrogen-bond acceptors (Lipinski definition) is 8. The SMILES string of the molecule is C=S1(=O)NC(=O)c2ccc3c(c2)N(C[C@@H]2CC[C@H]2[C@](O)(CN2C[C@@H]4NCCO[C@H]4C2)CCC[C@H](C)[C@H]1C)C[C@@]1(CCCc2cc(Cl)ccc21)CO3. The maximum absolute atomic E-state index is 14.0. The number of carbonyl (C=O) groups excluding carboxylic acids is 1. The van der Waals surface area contributed by atoms with Crippen molar-refractivity contribution in [3.8, 4) is 5.75 Å². The first-order valence-corrected chi connectivity index (χ1v) is 21.4.